The molecule has 3 rings (SSSR count). The van der Waals surface area contributed by atoms with Gasteiger partial charge in [0.2, 0.25) is 5.91 Å². The van der Waals surface area contributed by atoms with Gasteiger partial charge in [0.25, 0.3) is 0 Å². The zero-order valence-corrected chi connectivity index (χ0v) is 15.5. The lowest BCUT2D eigenvalue weighted by molar-refractivity contribution is -0.130. The van der Waals surface area contributed by atoms with Crippen LogP contribution in [0.3, 0.4) is 0 Å². The van der Waals surface area contributed by atoms with Crippen molar-refractivity contribution in [2.75, 3.05) is 20.1 Å². The van der Waals surface area contributed by atoms with Crippen LogP contribution in [0.2, 0.25) is 0 Å². The summed E-state index contributed by atoms with van der Waals surface area (Å²) in [6, 6.07) is 4.14. The Morgan fingerprint density at radius 2 is 2.26 bits per heavy atom. The van der Waals surface area contributed by atoms with Gasteiger partial charge in [-0.3, -0.25) is 4.79 Å². The number of amides is 1. The van der Waals surface area contributed by atoms with Crippen LogP contribution in [0.25, 0.3) is 10.8 Å². The van der Waals surface area contributed by atoms with Crippen LogP contribution in [0, 0.1) is 6.92 Å². The standard InChI is InChI=1S/C15H19N3O2S.2ClH/c1-10-3-4-13(20-10)15-17-11(9-21-15)7-14(19)18(2)12-5-6-16-8-12;;/h3-4,9,12,16H,5-8H2,1-2H3;2*1H. The molecule has 128 valence electrons. The average Bonchev–Trinajstić information content (AvgIpc) is 3.17. The number of aromatic nitrogens is 1. The van der Waals surface area contributed by atoms with Crippen LogP contribution in [-0.2, 0) is 11.2 Å². The number of halogens is 2. The second kappa shape index (κ2) is 8.68. The van der Waals surface area contributed by atoms with Gasteiger partial charge in [-0.25, -0.2) is 4.98 Å². The molecule has 1 N–H and O–H groups in total. The quantitative estimate of drug-likeness (QED) is 0.889. The Morgan fingerprint density at radius 1 is 1.48 bits per heavy atom. The number of carbonyl (C=O) groups is 1. The maximum absolute atomic E-state index is 12.3. The number of carbonyl (C=O) groups excluding carboxylic acids is 1. The van der Waals surface area contributed by atoms with Crippen LogP contribution in [0.1, 0.15) is 17.9 Å². The van der Waals surface area contributed by atoms with Crippen molar-refractivity contribution < 1.29 is 9.21 Å². The summed E-state index contributed by atoms with van der Waals surface area (Å²) in [7, 11) is 1.88. The number of rotatable bonds is 4. The van der Waals surface area contributed by atoms with Gasteiger partial charge >= 0.3 is 0 Å². The fourth-order valence-electron chi connectivity index (χ4n) is 2.50. The van der Waals surface area contributed by atoms with Crippen molar-refractivity contribution in [3.8, 4) is 10.8 Å². The molecule has 1 aliphatic rings. The van der Waals surface area contributed by atoms with Gasteiger partial charge in [-0.1, -0.05) is 0 Å². The van der Waals surface area contributed by atoms with Gasteiger partial charge in [-0.05, 0) is 32.0 Å². The van der Waals surface area contributed by atoms with E-state index in [1.807, 2.05) is 36.4 Å². The highest BCUT2D eigenvalue weighted by atomic mass is 35.5. The summed E-state index contributed by atoms with van der Waals surface area (Å²) in [6.45, 7) is 3.78. The first kappa shape index (κ1) is 20.0. The molecule has 1 amide bonds. The molecule has 1 fully saturated rings. The van der Waals surface area contributed by atoms with Crippen molar-refractivity contribution in [3.05, 3.63) is 29.0 Å². The van der Waals surface area contributed by atoms with Crippen molar-refractivity contribution in [3.63, 3.8) is 0 Å². The molecular weight excluding hydrogens is 357 g/mol. The smallest absolute Gasteiger partial charge is 0.228 e. The van der Waals surface area contributed by atoms with Crippen LogP contribution >= 0.6 is 36.2 Å². The van der Waals surface area contributed by atoms with Gasteiger partial charge in [0.05, 0.1) is 12.1 Å². The van der Waals surface area contributed by atoms with E-state index in [1.165, 1.54) is 11.3 Å². The molecule has 1 atom stereocenters. The Kier molecular flexibility index (Phi) is 7.54. The van der Waals surface area contributed by atoms with Gasteiger partial charge in [0.1, 0.15) is 5.76 Å². The molecule has 8 heteroatoms. The summed E-state index contributed by atoms with van der Waals surface area (Å²) in [5.74, 6) is 1.76. The lowest BCUT2D eigenvalue weighted by Crippen LogP contribution is -2.39. The van der Waals surface area contributed by atoms with E-state index in [4.69, 9.17) is 4.42 Å². The topological polar surface area (TPSA) is 58.4 Å². The summed E-state index contributed by atoms with van der Waals surface area (Å²) in [4.78, 5) is 18.6. The largest absolute Gasteiger partial charge is 0.459 e. The lowest BCUT2D eigenvalue weighted by atomic mass is 10.2. The zero-order chi connectivity index (χ0) is 14.8. The normalized spacial score (nSPS) is 16.5. The minimum atomic E-state index is 0. The molecule has 0 spiro atoms. The first-order valence-electron chi connectivity index (χ1n) is 7.11. The van der Waals surface area contributed by atoms with E-state index in [9.17, 15) is 4.79 Å². The number of hydrogen-bond acceptors (Lipinski definition) is 5. The second-order valence-electron chi connectivity index (χ2n) is 5.38. The highest BCUT2D eigenvalue weighted by Gasteiger charge is 2.23. The van der Waals surface area contributed by atoms with Gasteiger partial charge in [0.15, 0.2) is 10.8 Å². The maximum Gasteiger partial charge on any atom is 0.228 e. The van der Waals surface area contributed by atoms with Gasteiger partial charge in [-0.2, -0.15) is 0 Å². The van der Waals surface area contributed by atoms with E-state index in [-0.39, 0.29) is 30.7 Å². The minimum absolute atomic E-state index is 0. The van der Waals surface area contributed by atoms with Crippen LogP contribution in [0.4, 0.5) is 0 Å². The van der Waals surface area contributed by atoms with Crippen LogP contribution < -0.4 is 5.32 Å². The van der Waals surface area contributed by atoms with Crippen molar-refractivity contribution in [2.24, 2.45) is 0 Å². The summed E-state index contributed by atoms with van der Waals surface area (Å²) in [5, 5.41) is 6.05. The Balaban J connectivity index is 0.00000132. The number of furan rings is 1. The molecule has 1 saturated heterocycles. The van der Waals surface area contributed by atoms with E-state index >= 15 is 0 Å². The number of thiazole rings is 1. The maximum atomic E-state index is 12.3. The van der Waals surface area contributed by atoms with Crippen LogP contribution in [0.15, 0.2) is 21.9 Å². The molecule has 2 aromatic heterocycles. The third-order valence-electron chi connectivity index (χ3n) is 3.81. The highest BCUT2D eigenvalue weighted by molar-refractivity contribution is 7.13. The molecule has 0 aliphatic carbocycles. The fraction of sp³-hybridized carbons (Fsp3) is 0.467. The highest BCUT2D eigenvalue weighted by Crippen LogP contribution is 2.25. The summed E-state index contributed by atoms with van der Waals surface area (Å²) < 4.78 is 5.56. The Hall–Kier alpha value is -1.08. The predicted molar refractivity (Wildman–Crippen MR) is 96.8 cm³/mol. The molecule has 0 radical (unpaired) electrons. The summed E-state index contributed by atoms with van der Waals surface area (Å²) in [6.07, 6.45) is 1.37. The molecule has 1 unspecified atom stereocenters. The van der Waals surface area contributed by atoms with Crippen molar-refractivity contribution in [1.29, 1.82) is 0 Å². The molecule has 0 aromatic carbocycles. The van der Waals surface area contributed by atoms with Crippen molar-refractivity contribution in [2.45, 2.75) is 25.8 Å². The molecule has 3 heterocycles. The van der Waals surface area contributed by atoms with Gasteiger partial charge < -0.3 is 14.6 Å². The van der Waals surface area contributed by atoms with E-state index in [0.717, 1.165) is 41.7 Å². The van der Waals surface area contributed by atoms with Crippen LogP contribution in [0.5, 0.6) is 0 Å². The number of hydrogen-bond donors (Lipinski definition) is 1. The number of nitrogens with one attached hydrogen (secondary N) is 1. The van der Waals surface area contributed by atoms with Crippen LogP contribution in [-0.4, -0.2) is 42.0 Å². The van der Waals surface area contributed by atoms with Gasteiger partial charge in [0, 0.05) is 25.0 Å². The SMILES string of the molecule is Cc1ccc(-c2nc(CC(=O)N(C)C3CCNC3)cs2)o1.Cl.Cl. The van der Waals surface area contributed by atoms with Crippen molar-refractivity contribution >= 4 is 42.1 Å². The Labute approximate surface area is 152 Å². The first-order valence-corrected chi connectivity index (χ1v) is 7.99. The molecule has 2 aromatic rings. The molecule has 1 aliphatic heterocycles. The third kappa shape index (κ3) is 4.70. The third-order valence-corrected chi connectivity index (χ3v) is 4.72. The molecule has 5 nitrogen and oxygen atoms in total. The van der Waals surface area contributed by atoms with Crippen molar-refractivity contribution in [1.82, 2.24) is 15.2 Å². The summed E-state index contributed by atoms with van der Waals surface area (Å²) >= 11 is 1.51. The fourth-order valence-corrected chi connectivity index (χ4v) is 3.28. The summed E-state index contributed by atoms with van der Waals surface area (Å²) in [5.41, 5.74) is 0.812. The predicted octanol–water partition coefficient (Wildman–Crippen LogP) is 2.92. The number of aryl methyl sites for hydroxylation is 1. The molecule has 23 heavy (non-hydrogen) atoms. The molecule has 0 bridgehead atoms. The number of likely N-dealkylation sites (N-methyl/N-ethyl adjacent to an activating group) is 1. The number of nitrogens with zero attached hydrogens (tertiary/aromatic N) is 2. The zero-order valence-electron chi connectivity index (χ0n) is 13.1. The molecule has 0 saturated carbocycles. The van der Waals surface area contributed by atoms with E-state index in [0.29, 0.717) is 12.5 Å². The lowest BCUT2D eigenvalue weighted by Gasteiger charge is -2.23. The monoisotopic (exact) mass is 377 g/mol. The minimum Gasteiger partial charge on any atom is -0.459 e. The Bertz CT molecular complexity index is 638. The Morgan fingerprint density at radius 3 is 2.87 bits per heavy atom. The average molecular weight is 378 g/mol. The van der Waals surface area contributed by atoms with E-state index < -0.39 is 0 Å². The first-order chi connectivity index (χ1) is 10.1. The van der Waals surface area contributed by atoms with Gasteiger partial charge in [-0.15, -0.1) is 36.2 Å². The second-order valence-corrected chi connectivity index (χ2v) is 6.24. The van der Waals surface area contributed by atoms with E-state index in [1.54, 1.807) is 0 Å². The van der Waals surface area contributed by atoms with E-state index in [2.05, 4.69) is 10.3 Å². The molecular formula is C15H21Cl2N3O2S.